The monoisotopic (exact) mass is 604 g/mol. The number of benzene rings is 2. The molecule has 6 nitrogen and oxygen atoms in total. The summed E-state index contributed by atoms with van der Waals surface area (Å²) in [5.41, 5.74) is 1.26. The van der Waals surface area contributed by atoms with E-state index >= 15 is 0 Å². The number of hydrogen-bond donors (Lipinski definition) is 0. The summed E-state index contributed by atoms with van der Waals surface area (Å²) in [6, 6.07) is 17.4. The van der Waals surface area contributed by atoms with Crippen molar-refractivity contribution >= 4 is 11.9 Å². The van der Waals surface area contributed by atoms with Gasteiger partial charge in [0.25, 0.3) is 0 Å². The van der Waals surface area contributed by atoms with Crippen LogP contribution < -0.4 is 9.47 Å². The number of hydrogen-bond acceptors (Lipinski definition) is 6. The zero-order chi connectivity index (χ0) is 31.4. The van der Waals surface area contributed by atoms with E-state index in [0.29, 0.717) is 23.7 Å². The number of furan rings is 1. The fourth-order valence-corrected chi connectivity index (χ4v) is 5.08. The molecule has 240 valence electrons. The Hall–Kier alpha value is -3.54. The molecule has 0 amide bonds. The smallest absolute Gasteiger partial charge is 0.379 e. The number of carbonyl (C=O) groups excluding carboxylic acids is 2. The maximum Gasteiger partial charge on any atom is 0.379 e. The van der Waals surface area contributed by atoms with Gasteiger partial charge in [-0.3, -0.25) is 0 Å². The van der Waals surface area contributed by atoms with E-state index in [4.69, 9.17) is 18.6 Å². The number of esters is 2. The summed E-state index contributed by atoms with van der Waals surface area (Å²) in [4.78, 5) is 25.1. The van der Waals surface area contributed by atoms with Crippen molar-refractivity contribution in [1.29, 1.82) is 0 Å². The Morgan fingerprint density at radius 2 is 1.20 bits per heavy atom. The Bertz CT molecular complexity index is 1210. The first-order valence-corrected chi connectivity index (χ1v) is 16.9. The minimum atomic E-state index is -0.608. The van der Waals surface area contributed by atoms with Gasteiger partial charge < -0.3 is 18.6 Å². The van der Waals surface area contributed by atoms with E-state index in [0.717, 1.165) is 37.0 Å². The van der Waals surface area contributed by atoms with Crippen LogP contribution in [0.4, 0.5) is 0 Å². The molecule has 44 heavy (non-hydrogen) atoms. The molecule has 1 atom stereocenters. The Kier molecular flexibility index (Phi) is 16.2. The van der Waals surface area contributed by atoms with Gasteiger partial charge in [-0.05, 0) is 86.8 Å². The fraction of sp³-hybridized carbons (Fsp3) is 0.526. The van der Waals surface area contributed by atoms with Crippen LogP contribution in [0.1, 0.15) is 138 Å². The van der Waals surface area contributed by atoms with Gasteiger partial charge in [0.05, 0.1) is 18.3 Å². The van der Waals surface area contributed by atoms with Crippen molar-refractivity contribution in [3.8, 4) is 22.8 Å². The second-order valence-electron chi connectivity index (χ2n) is 11.7. The average molecular weight is 605 g/mol. The van der Waals surface area contributed by atoms with Gasteiger partial charge >= 0.3 is 11.9 Å². The lowest BCUT2D eigenvalue weighted by molar-refractivity contribution is 0.0319. The van der Waals surface area contributed by atoms with E-state index < -0.39 is 5.97 Å². The Morgan fingerprint density at radius 1 is 0.636 bits per heavy atom. The molecule has 0 aliphatic heterocycles. The molecule has 0 N–H and O–H groups in total. The minimum absolute atomic E-state index is 0.0988. The first-order valence-electron chi connectivity index (χ1n) is 16.9. The molecule has 0 aliphatic carbocycles. The fourth-order valence-electron chi connectivity index (χ4n) is 5.08. The van der Waals surface area contributed by atoms with Crippen LogP contribution >= 0.6 is 0 Å². The Balaban J connectivity index is 1.37. The normalized spacial score (nSPS) is 11.7. The highest BCUT2D eigenvalue weighted by Crippen LogP contribution is 2.26. The average Bonchev–Trinajstić information content (AvgIpc) is 3.53. The standard InChI is InChI=1S/C38H52O6/c1-4-6-8-10-11-12-13-14-15-17-29-41-33-23-19-31(20-24-33)35-27-28-36(44-35)38(40)43-34-25-21-32(22-26-34)37(39)42-30(3)18-16-9-7-5-2/h19-28,30H,4-18,29H2,1-3H3/t30-/m0/s1. The van der Waals surface area contributed by atoms with E-state index in [1.54, 1.807) is 36.4 Å². The third kappa shape index (κ3) is 13.0. The molecule has 0 unspecified atom stereocenters. The van der Waals surface area contributed by atoms with Gasteiger partial charge in [0, 0.05) is 5.56 Å². The van der Waals surface area contributed by atoms with Crippen molar-refractivity contribution in [3.63, 3.8) is 0 Å². The molecule has 2 aromatic carbocycles. The summed E-state index contributed by atoms with van der Waals surface area (Å²) < 4.78 is 22.7. The van der Waals surface area contributed by atoms with Gasteiger partial charge in [-0.2, -0.15) is 0 Å². The van der Waals surface area contributed by atoms with Crippen molar-refractivity contribution in [3.05, 3.63) is 72.0 Å². The molecular weight excluding hydrogens is 552 g/mol. The SMILES string of the molecule is CCCCCCCCCCCCOc1ccc(-c2ccc(C(=O)Oc3ccc(C(=O)O[C@@H](C)CCCCCC)cc3)o2)cc1. The lowest BCUT2D eigenvalue weighted by atomic mass is 10.1. The van der Waals surface area contributed by atoms with E-state index in [1.165, 1.54) is 70.6 Å². The number of ether oxygens (including phenoxy) is 3. The van der Waals surface area contributed by atoms with Crippen molar-refractivity contribution < 1.29 is 28.2 Å². The summed E-state index contributed by atoms with van der Waals surface area (Å²) in [7, 11) is 0. The topological polar surface area (TPSA) is 75.0 Å². The highest BCUT2D eigenvalue weighted by molar-refractivity contribution is 5.91. The van der Waals surface area contributed by atoms with E-state index in [1.807, 2.05) is 31.2 Å². The molecule has 0 saturated carbocycles. The van der Waals surface area contributed by atoms with Crippen LogP contribution in [0.15, 0.2) is 65.1 Å². The van der Waals surface area contributed by atoms with Crippen LogP contribution in [0.2, 0.25) is 0 Å². The number of carbonyl (C=O) groups is 2. The van der Waals surface area contributed by atoms with Crippen LogP contribution in [0.25, 0.3) is 11.3 Å². The minimum Gasteiger partial charge on any atom is -0.494 e. The molecule has 0 bridgehead atoms. The molecule has 6 heteroatoms. The van der Waals surface area contributed by atoms with Crippen LogP contribution in [-0.4, -0.2) is 24.6 Å². The molecule has 0 fully saturated rings. The number of unbranched alkanes of at least 4 members (excludes halogenated alkanes) is 12. The van der Waals surface area contributed by atoms with Crippen LogP contribution in [0.5, 0.6) is 11.5 Å². The summed E-state index contributed by atoms with van der Waals surface area (Å²) in [5.74, 6) is 0.827. The quantitative estimate of drug-likeness (QED) is 0.0645. The lowest BCUT2D eigenvalue weighted by Gasteiger charge is -2.13. The Morgan fingerprint density at radius 3 is 1.84 bits per heavy atom. The third-order valence-corrected chi connectivity index (χ3v) is 7.79. The molecule has 0 saturated heterocycles. The van der Waals surface area contributed by atoms with E-state index in [-0.39, 0.29) is 17.8 Å². The van der Waals surface area contributed by atoms with Crippen LogP contribution in [0, 0.1) is 0 Å². The van der Waals surface area contributed by atoms with Crippen molar-refractivity contribution in [2.75, 3.05) is 6.61 Å². The maximum absolute atomic E-state index is 12.7. The zero-order valence-corrected chi connectivity index (χ0v) is 27.1. The van der Waals surface area contributed by atoms with E-state index in [2.05, 4.69) is 13.8 Å². The van der Waals surface area contributed by atoms with Crippen molar-refractivity contribution in [1.82, 2.24) is 0 Å². The first-order chi connectivity index (χ1) is 21.5. The first kappa shape index (κ1) is 34.9. The van der Waals surface area contributed by atoms with Gasteiger partial charge in [0.1, 0.15) is 17.3 Å². The van der Waals surface area contributed by atoms with Gasteiger partial charge in [-0.25, -0.2) is 9.59 Å². The predicted molar refractivity (Wildman–Crippen MR) is 177 cm³/mol. The van der Waals surface area contributed by atoms with Crippen LogP contribution in [-0.2, 0) is 4.74 Å². The van der Waals surface area contributed by atoms with Crippen LogP contribution in [0.3, 0.4) is 0 Å². The molecule has 3 aromatic rings. The molecule has 3 rings (SSSR count). The summed E-state index contributed by atoms with van der Waals surface area (Å²) >= 11 is 0. The third-order valence-electron chi connectivity index (χ3n) is 7.79. The lowest BCUT2D eigenvalue weighted by Crippen LogP contribution is -2.15. The largest absolute Gasteiger partial charge is 0.494 e. The maximum atomic E-state index is 12.7. The molecular formula is C38H52O6. The Labute approximate surface area is 264 Å². The summed E-state index contributed by atoms with van der Waals surface area (Å²) in [5, 5.41) is 0. The molecule has 1 heterocycles. The van der Waals surface area contributed by atoms with Crippen molar-refractivity contribution in [2.45, 2.75) is 123 Å². The van der Waals surface area contributed by atoms with Gasteiger partial charge in [0.2, 0.25) is 5.76 Å². The molecule has 1 aromatic heterocycles. The second-order valence-corrected chi connectivity index (χ2v) is 11.7. The molecule has 0 spiro atoms. The summed E-state index contributed by atoms with van der Waals surface area (Å²) in [6.07, 6.45) is 18.3. The zero-order valence-electron chi connectivity index (χ0n) is 27.1. The number of rotatable bonds is 22. The highest BCUT2D eigenvalue weighted by atomic mass is 16.6. The van der Waals surface area contributed by atoms with Gasteiger partial charge in [0.15, 0.2) is 0 Å². The van der Waals surface area contributed by atoms with Gasteiger partial charge in [-0.1, -0.05) is 90.9 Å². The highest BCUT2D eigenvalue weighted by Gasteiger charge is 2.16. The predicted octanol–water partition coefficient (Wildman–Crippen LogP) is 11.0. The molecule has 0 aliphatic rings. The van der Waals surface area contributed by atoms with Crippen molar-refractivity contribution in [2.24, 2.45) is 0 Å². The molecule has 0 radical (unpaired) electrons. The van der Waals surface area contributed by atoms with Gasteiger partial charge in [-0.15, -0.1) is 0 Å². The summed E-state index contributed by atoms with van der Waals surface area (Å²) in [6.45, 7) is 7.06. The van der Waals surface area contributed by atoms with E-state index in [9.17, 15) is 9.59 Å². The second kappa shape index (κ2) is 20.4.